The van der Waals surface area contributed by atoms with Gasteiger partial charge in [-0.25, -0.2) is 0 Å². The van der Waals surface area contributed by atoms with Crippen LogP contribution >= 0.6 is 0 Å². The number of aromatic nitrogens is 3. The number of nitrogen functional groups attached to an aromatic ring is 1. The summed E-state index contributed by atoms with van der Waals surface area (Å²) in [5, 5.41) is 6.31. The molecule has 0 aliphatic heterocycles. The Labute approximate surface area is 153 Å². The Morgan fingerprint density at radius 2 is 1.88 bits per heavy atom. The van der Waals surface area contributed by atoms with Crippen molar-refractivity contribution in [2.75, 3.05) is 11.1 Å². The molecule has 1 unspecified atom stereocenters. The van der Waals surface area contributed by atoms with Crippen LogP contribution in [0.1, 0.15) is 60.8 Å². The number of nitrogens with one attached hydrogen (secondary N) is 2. The van der Waals surface area contributed by atoms with E-state index in [1.165, 1.54) is 5.56 Å². The third-order valence-corrected chi connectivity index (χ3v) is 4.93. The fraction of sp³-hybridized carbons (Fsp3) is 0.474. The largest absolute Gasteiger partial charge is 0.368 e. The lowest BCUT2D eigenvalue weighted by molar-refractivity contribution is 0.0913. The van der Waals surface area contributed by atoms with Crippen molar-refractivity contribution in [2.45, 2.75) is 58.0 Å². The molecule has 1 atom stereocenters. The third-order valence-electron chi connectivity index (χ3n) is 4.93. The lowest BCUT2D eigenvalue weighted by atomic mass is 9.86. The molecule has 7 nitrogen and oxygen atoms in total. The van der Waals surface area contributed by atoms with Crippen LogP contribution in [0.15, 0.2) is 24.3 Å². The number of amides is 1. The van der Waals surface area contributed by atoms with Gasteiger partial charge in [-0.05, 0) is 49.8 Å². The molecule has 1 saturated carbocycles. The summed E-state index contributed by atoms with van der Waals surface area (Å²) in [5.74, 6) is 1.78. The standard InChI is InChI=1S/C19H26N6O/c1-4-11(2)13-5-7-14(8-6-13)17(26)23-15-9-16(10-15)24-19-22-12(3)21-18(20)25-19/h5-8,11,15-16H,4,9-10H2,1-3H3,(H,23,26)(H3,20,21,22,24,25). The number of nitrogens with two attached hydrogens (primary N) is 1. The minimum Gasteiger partial charge on any atom is -0.368 e. The molecule has 1 aromatic carbocycles. The lowest BCUT2D eigenvalue weighted by Crippen LogP contribution is -2.49. The highest BCUT2D eigenvalue weighted by molar-refractivity contribution is 5.94. The zero-order valence-corrected chi connectivity index (χ0v) is 15.5. The zero-order valence-electron chi connectivity index (χ0n) is 15.5. The van der Waals surface area contributed by atoms with Crippen LogP contribution in [0.4, 0.5) is 11.9 Å². The van der Waals surface area contributed by atoms with Crippen LogP contribution in [-0.4, -0.2) is 32.9 Å². The topological polar surface area (TPSA) is 106 Å². The number of carbonyl (C=O) groups is 1. The van der Waals surface area contributed by atoms with Gasteiger partial charge in [-0.1, -0.05) is 26.0 Å². The predicted molar refractivity (Wildman–Crippen MR) is 102 cm³/mol. The molecule has 1 aromatic heterocycles. The number of benzene rings is 1. The quantitative estimate of drug-likeness (QED) is 0.736. The second-order valence-corrected chi connectivity index (χ2v) is 6.98. The Morgan fingerprint density at radius 1 is 1.19 bits per heavy atom. The zero-order chi connectivity index (χ0) is 18.7. The van der Waals surface area contributed by atoms with E-state index in [1.807, 2.05) is 24.3 Å². The molecule has 3 rings (SSSR count). The van der Waals surface area contributed by atoms with Gasteiger partial charge in [0.05, 0.1) is 0 Å². The van der Waals surface area contributed by atoms with E-state index in [2.05, 4.69) is 39.4 Å². The first-order valence-corrected chi connectivity index (χ1v) is 9.10. The highest BCUT2D eigenvalue weighted by atomic mass is 16.1. The van der Waals surface area contributed by atoms with Crippen molar-refractivity contribution in [3.8, 4) is 0 Å². The van der Waals surface area contributed by atoms with E-state index >= 15 is 0 Å². The first-order chi connectivity index (χ1) is 12.4. The van der Waals surface area contributed by atoms with E-state index in [0.29, 0.717) is 23.3 Å². The highest BCUT2D eigenvalue weighted by Gasteiger charge is 2.31. The second kappa shape index (κ2) is 7.68. The first-order valence-electron chi connectivity index (χ1n) is 9.10. The number of carbonyl (C=O) groups excluding carboxylic acids is 1. The van der Waals surface area contributed by atoms with Crippen molar-refractivity contribution in [3.05, 3.63) is 41.2 Å². The van der Waals surface area contributed by atoms with Gasteiger partial charge in [-0.2, -0.15) is 15.0 Å². The number of aryl methyl sites for hydroxylation is 1. The Balaban J connectivity index is 1.48. The van der Waals surface area contributed by atoms with Gasteiger partial charge in [0.25, 0.3) is 5.91 Å². The van der Waals surface area contributed by atoms with Crippen molar-refractivity contribution in [3.63, 3.8) is 0 Å². The fourth-order valence-corrected chi connectivity index (χ4v) is 3.07. The molecule has 4 N–H and O–H groups in total. The van der Waals surface area contributed by atoms with Crippen LogP contribution < -0.4 is 16.4 Å². The molecule has 138 valence electrons. The number of rotatable bonds is 6. The smallest absolute Gasteiger partial charge is 0.251 e. The Bertz CT molecular complexity index is 750. The fourth-order valence-electron chi connectivity index (χ4n) is 3.07. The van der Waals surface area contributed by atoms with Gasteiger partial charge in [-0.3, -0.25) is 4.79 Å². The summed E-state index contributed by atoms with van der Waals surface area (Å²) >= 11 is 0. The molecular weight excluding hydrogens is 328 g/mol. The summed E-state index contributed by atoms with van der Waals surface area (Å²) < 4.78 is 0. The highest BCUT2D eigenvalue weighted by Crippen LogP contribution is 2.24. The summed E-state index contributed by atoms with van der Waals surface area (Å²) in [5.41, 5.74) is 7.60. The molecule has 0 bridgehead atoms. The molecule has 0 spiro atoms. The summed E-state index contributed by atoms with van der Waals surface area (Å²) in [6.45, 7) is 6.14. The number of nitrogens with zero attached hydrogens (tertiary/aromatic N) is 3. The molecule has 7 heteroatoms. The molecule has 1 heterocycles. The van der Waals surface area contributed by atoms with Crippen LogP contribution in [-0.2, 0) is 0 Å². The van der Waals surface area contributed by atoms with Crippen LogP contribution in [0.2, 0.25) is 0 Å². The maximum Gasteiger partial charge on any atom is 0.251 e. The van der Waals surface area contributed by atoms with Crippen molar-refractivity contribution in [2.24, 2.45) is 0 Å². The minimum absolute atomic E-state index is 0.0237. The molecule has 1 aliphatic rings. The van der Waals surface area contributed by atoms with Crippen LogP contribution in [0.25, 0.3) is 0 Å². The predicted octanol–water partition coefficient (Wildman–Crippen LogP) is 2.65. The van der Waals surface area contributed by atoms with E-state index in [1.54, 1.807) is 6.92 Å². The first kappa shape index (κ1) is 18.1. The van der Waals surface area contributed by atoms with Gasteiger partial charge in [0.1, 0.15) is 5.82 Å². The summed E-state index contributed by atoms with van der Waals surface area (Å²) in [6.07, 6.45) is 2.76. The molecule has 2 aromatic rings. The number of hydrogen-bond acceptors (Lipinski definition) is 6. The van der Waals surface area contributed by atoms with Gasteiger partial charge >= 0.3 is 0 Å². The van der Waals surface area contributed by atoms with Gasteiger partial charge in [-0.15, -0.1) is 0 Å². The number of anilines is 2. The molecule has 1 amide bonds. The lowest BCUT2D eigenvalue weighted by Gasteiger charge is -2.36. The summed E-state index contributed by atoms with van der Waals surface area (Å²) in [4.78, 5) is 24.6. The monoisotopic (exact) mass is 354 g/mol. The average molecular weight is 354 g/mol. The molecule has 0 saturated heterocycles. The van der Waals surface area contributed by atoms with E-state index in [9.17, 15) is 4.79 Å². The van der Waals surface area contributed by atoms with Crippen molar-refractivity contribution < 1.29 is 4.79 Å². The summed E-state index contributed by atoms with van der Waals surface area (Å²) in [7, 11) is 0. The number of hydrogen-bond donors (Lipinski definition) is 3. The van der Waals surface area contributed by atoms with Crippen molar-refractivity contribution in [1.82, 2.24) is 20.3 Å². The van der Waals surface area contributed by atoms with Crippen molar-refractivity contribution in [1.29, 1.82) is 0 Å². The normalized spacial score (nSPS) is 20.1. The molecule has 1 fully saturated rings. The van der Waals surface area contributed by atoms with E-state index < -0.39 is 0 Å². The van der Waals surface area contributed by atoms with Gasteiger partial charge < -0.3 is 16.4 Å². The van der Waals surface area contributed by atoms with E-state index in [0.717, 1.165) is 19.3 Å². The minimum atomic E-state index is -0.0237. The maximum absolute atomic E-state index is 12.4. The van der Waals surface area contributed by atoms with Crippen molar-refractivity contribution >= 4 is 17.8 Å². The maximum atomic E-state index is 12.4. The third kappa shape index (κ3) is 4.28. The Morgan fingerprint density at radius 3 is 2.50 bits per heavy atom. The summed E-state index contributed by atoms with van der Waals surface area (Å²) in [6, 6.07) is 8.29. The molecule has 26 heavy (non-hydrogen) atoms. The Kier molecular flexibility index (Phi) is 5.35. The van der Waals surface area contributed by atoms with E-state index in [4.69, 9.17) is 5.73 Å². The van der Waals surface area contributed by atoms with Crippen LogP contribution in [0.5, 0.6) is 0 Å². The molecule has 1 aliphatic carbocycles. The molecule has 0 radical (unpaired) electrons. The van der Waals surface area contributed by atoms with Crippen LogP contribution in [0, 0.1) is 6.92 Å². The average Bonchev–Trinajstić information content (AvgIpc) is 2.58. The second-order valence-electron chi connectivity index (χ2n) is 6.98. The Hall–Kier alpha value is -2.70. The molecular formula is C19H26N6O. The van der Waals surface area contributed by atoms with Crippen LogP contribution in [0.3, 0.4) is 0 Å². The van der Waals surface area contributed by atoms with Gasteiger partial charge in [0.15, 0.2) is 0 Å². The van der Waals surface area contributed by atoms with Gasteiger partial charge in [0.2, 0.25) is 11.9 Å². The van der Waals surface area contributed by atoms with Gasteiger partial charge in [0, 0.05) is 17.6 Å². The van der Waals surface area contributed by atoms with E-state index in [-0.39, 0.29) is 23.9 Å². The SMILES string of the molecule is CCC(C)c1ccc(C(=O)NC2CC(Nc3nc(C)nc(N)n3)C2)cc1.